The first kappa shape index (κ1) is 35.7. The van der Waals surface area contributed by atoms with E-state index in [-0.39, 0.29) is 47.3 Å². The smallest absolute Gasteiger partial charge is 0.261 e. The van der Waals surface area contributed by atoms with Gasteiger partial charge in [-0.1, -0.05) is 40.0 Å². The van der Waals surface area contributed by atoms with Crippen LogP contribution in [0.1, 0.15) is 167 Å². The van der Waals surface area contributed by atoms with Gasteiger partial charge in [0.05, 0.1) is 33.4 Å². The summed E-state index contributed by atoms with van der Waals surface area (Å²) in [6, 6.07) is 24.2. The Balaban J connectivity index is 1.11. The molecule has 12 rings (SSSR count). The normalized spacial score (nSPS) is 18.5. The van der Waals surface area contributed by atoms with Gasteiger partial charge in [0, 0.05) is 31.5 Å². The van der Waals surface area contributed by atoms with Gasteiger partial charge in [-0.25, -0.2) is 0 Å². The van der Waals surface area contributed by atoms with Crippen molar-refractivity contribution in [2.75, 3.05) is 19.6 Å². The van der Waals surface area contributed by atoms with Gasteiger partial charge in [-0.3, -0.25) is 43.5 Å². The van der Waals surface area contributed by atoms with Crippen LogP contribution in [0.5, 0.6) is 0 Å². The summed E-state index contributed by atoms with van der Waals surface area (Å²) in [4.78, 5) is 85.4. The van der Waals surface area contributed by atoms with Gasteiger partial charge in [0.1, 0.15) is 0 Å². The molecule has 0 N–H and O–H groups in total. The van der Waals surface area contributed by atoms with Crippen molar-refractivity contribution in [1.29, 1.82) is 0 Å². The molecular weight excluding hydrogens is 739 g/mol. The number of amides is 6. The molecule has 3 aliphatic heterocycles. The van der Waals surface area contributed by atoms with Gasteiger partial charge in [-0.2, -0.15) is 0 Å². The molecule has 0 fully saturated rings. The van der Waals surface area contributed by atoms with E-state index >= 15 is 0 Å². The number of carbonyl (C=O) groups excluding carboxylic acids is 6. The fourth-order valence-electron chi connectivity index (χ4n) is 10.4. The molecule has 6 amide bonds. The Labute approximate surface area is 340 Å². The Morgan fingerprint density at radius 1 is 0.322 bits per heavy atom. The molecule has 0 saturated heterocycles. The van der Waals surface area contributed by atoms with Crippen molar-refractivity contribution < 1.29 is 28.8 Å². The minimum absolute atomic E-state index is 0.233. The number of carbonyl (C=O) groups is 6. The summed E-state index contributed by atoms with van der Waals surface area (Å²) in [6.07, 6.45) is 4.84. The van der Waals surface area contributed by atoms with Crippen molar-refractivity contribution in [3.05, 3.63) is 140 Å². The topological polar surface area (TPSA) is 112 Å². The number of benzene rings is 6. The molecule has 3 heterocycles. The average Bonchev–Trinajstić information content (AvgIpc) is 3.71. The first-order valence-corrected chi connectivity index (χ1v) is 21.0. The molecule has 9 nitrogen and oxygen atoms in total. The van der Waals surface area contributed by atoms with Gasteiger partial charge >= 0.3 is 0 Å². The highest BCUT2D eigenvalue weighted by molar-refractivity contribution is 6.25. The summed E-state index contributed by atoms with van der Waals surface area (Å²) in [5.74, 6) is -1.99. The van der Waals surface area contributed by atoms with Gasteiger partial charge in [-0.15, -0.1) is 0 Å². The van der Waals surface area contributed by atoms with Gasteiger partial charge in [0.25, 0.3) is 35.4 Å². The largest absolute Gasteiger partial charge is 0.274 e. The fourth-order valence-corrected chi connectivity index (χ4v) is 10.4. The number of hydrogen-bond acceptors (Lipinski definition) is 6. The molecule has 6 aromatic rings. The Morgan fingerprint density at radius 2 is 0.508 bits per heavy atom. The van der Waals surface area contributed by atoms with Crippen molar-refractivity contribution in [2.24, 2.45) is 0 Å². The minimum atomic E-state index is -0.254. The molecule has 0 spiro atoms. The number of fused-ring (bicyclic) bond motifs is 6. The zero-order valence-corrected chi connectivity index (χ0v) is 33.2. The van der Waals surface area contributed by atoms with Gasteiger partial charge in [-0.05, 0) is 158 Å². The van der Waals surface area contributed by atoms with E-state index < -0.39 is 0 Å². The second-order valence-corrected chi connectivity index (χ2v) is 16.9. The maximum atomic E-state index is 13.6. The molecule has 6 aliphatic rings. The lowest BCUT2D eigenvalue weighted by atomic mass is 9.60. The lowest BCUT2D eigenvalue weighted by molar-refractivity contribution is 0.0636. The molecule has 6 aromatic carbocycles. The standard InChI is InChI=1S/C50H41N3O6/c1-4-7-10-51-45(54)37-19-25-13-31-32(14-26(25)20-38(37)46(51)55)44-34-16-28-22-40-39(47(56)52(48(40)57)11-8-5-2)21-27(28)15-33(34)43(31)35-17-29-23-41-42(24-30(29)18-36(35)44)50(59)53(49(41)58)12-9-6-3/h13-24,43-44H,4-12H2,1-3H3. The van der Waals surface area contributed by atoms with Crippen LogP contribution in [0.3, 0.4) is 0 Å². The van der Waals surface area contributed by atoms with Gasteiger partial charge in [0.15, 0.2) is 0 Å². The van der Waals surface area contributed by atoms with Crippen LogP contribution in [-0.4, -0.2) is 69.8 Å². The number of rotatable bonds is 9. The number of imide groups is 3. The summed E-state index contributed by atoms with van der Waals surface area (Å²) in [6.45, 7) is 7.28. The lowest BCUT2D eigenvalue weighted by Gasteiger charge is -2.43. The quantitative estimate of drug-likeness (QED) is 0.135. The van der Waals surface area contributed by atoms with Crippen LogP contribution in [0.4, 0.5) is 0 Å². The third-order valence-corrected chi connectivity index (χ3v) is 13.5. The molecule has 0 saturated carbocycles. The van der Waals surface area contributed by atoms with Crippen LogP contribution in [0.25, 0.3) is 32.3 Å². The monoisotopic (exact) mass is 779 g/mol. The Morgan fingerprint density at radius 3 is 0.678 bits per heavy atom. The maximum Gasteiger partial charge on any atom is 0.261 e. The lowest BCUT2D eigenvalue weighted by Crippen LogP contribution is -2.30. The van der Waals surface area contributed by atoms with Crippen molar-refractivity contribution in [1.82, 2.24) is 14.7 Å². The summed E-state index contributed by atoms with van der Waals surface area (Å²) in [5, 5.41) is 5.26. The molecule has 0 aromatic heterocycles. The predicted molar refractivity (Wildman–Crippen MR) is 225 cm³/mol. The van der Waals surface area contributed by atoms with Crippen molar-refractivity contribution in [2.45, 2.75) is 71.1 Å². The minimum Gasteiger partial charge on any atom is -0.274 e. The summed E-state index contributed by atoms with van der Waals surface area (Å²) in [5.41, 5.74) is 9.15. The first-order chi connectivity index (χ1) is 28.6. The van der Waals surface area contributed by atoms with Gasteiger partial charge < -0.3 is 0 Å². The van der Waals surface area contributed by atoms with Crippen LogP contribution < -0.4 is 0 Å². The zero-order valence-electron chi connectivity index (χ0n) is 33.2. The van der Waals surface area contributed by atoms with E-state index in [4.69, 9.17) is 0 Å². The van der Waals surface area contributed by atoms with E-state index in [0.29, 0.717) is 53.0 Å². The molecule has 0 unspecified atom stereocenters. The molecule has 0 radical (unpaired) electrons. The summed E-state index contributed by atoms with van der Waals surface area (Å²) in [7, 11) is 0. The van der Waals surface area contributed by atoms with E-state index in [0.717, 1.165) is 104 Å². The van der Waals surface area contributed by atoms with Crippen molar-refractivity contribution in [3.8, 4) is 0 Å². The fraction of sp³-hybridized carbons (Fsp3) is 0.280. The van der Waals surface area contributed by atoms with Crippen molar-refractivity contribution in [3.63, 3.8) is 0 Å². The van der Waals surface area contributed by atoms with E-state index in [1.807, 2.05) is 57.2 Å². The maximum absolute atomic E-state index is 13.6. The highest BCUT2D eigenvalue weighted by Crippen LogP contribution is 2.58. The third kappa shape index (κ3) is 4.84. The summed E-state index contributed by atoms with van der Waals surface area (Å²) >= 11 is 0. The molecule has 292 valence electrons. The number of unbranched alkanes of at least 4 members (excludes halogenated alkanes) is 3. The van der Waals surface area contributed by atoms with Crippen molar-refractivity contribution >= 4 is 67.8 Å². The Kier molecular flexibility index (Phi) is 7.71. The zero-order chi connectivity index (χ0) is 40.6. The molecule has 3 aliphatic carbocycles. The molecular formula is C50H41N3O6. The SMILES string of the molecule is CCCCN1C(=O)c2cc3cc4c(cc3cc2C1=O)C1c2cc3cc5c(cc3cc2C4c2cc3cc4c(cc3cc21)C(=O)N(CCCC)C4=O)C(=O)N(CCCC)C5=O. The highest BCUT2D eigenvalue weighted by Gasteiger charge is 2.44. The van der Waals surface area contributed by atoms with E-state index in [2.05, 4.69) is 36.4 Å². The van der Waals surface area contributed by atoms with Crippen LogP contribution in [0, 0.1) is 0 Å². The second-order valence-electron chi connectivity index (χ2n) is 16.9. The Bertz CT molecular complexity index is 2510. The molecule has 59 heavy (non-hydrogen) atoms. The van der Waals surface area contributed by atoms with Crippen LogP contribution in [0.15, 0.2) is 72.8 Å². The van der Waals surface area contributed by atoms with E-state index in [1.54, 1.807) is 0 Å². The number of nitrogens with zero attached hydrogens (tertiary/aromatic N) is 3. The molecule has 2 bridgehead atoms. The Hall–Kier alpha value is -6.48. The van der Waals surface area contributed by atoms with Crippen LogP contribution in [-0.2, 0) is 0 Å². The molecule has 0 atom stereocenters. The van der Waals surface area contributed by atoms with E-state index in [1.165, 1.54) is 14.7 Å². The highest BCUT2D eigenvalue weighted by atomic mass is 16.2. The average molecular weight is 780 g/mol. The van der Waals surface area contributed by atoms with Gasteiger partial charge in [0.2, 0.25) is 0 Å². The first-order valence-electron chi connectivity index (χ1n) is 21.0. The van der Waals surface area contributed by atoms with Crippen LogP contribution >= 0.6 is 0 Å². The predicted octanol–water partition coefficient (Wildman–Crippen LogP) is 9.32. The molecule has 9 heteroatoms. The summed E-state index contributed by atoms with van der Waals surface area (Å²) < 4.78 is 0. The third-order valence-electron chi connectivity index (χ3n) is 13.5. The van der Waals surface area contributed by atoms with Crippen LogP contribution in [0.2, 0.25) is 0 Å². The van der Waals surface area contributed by atoms with E-state index in [9.17, 15) is 28.8 Å². The number of hydrogen-bond donors (Lipinski definition) is 0. The second kappa shape index (κ2) is 12.8.